The van der Waals surface area contributed by atoms with E-state index >= 15 is 0 Å². The average molecular weight is 326 g/mol. The quantitative estimate of drug-likeness (QED) is 0.717. The predicted octanol–water partition coefficient (Wildman–Crippen LogP) is 5.93. The Morgan fingerprint density at radius 2 is 1.76 bits per heavy atom. The molecule has 21 heavy (non-hydrogen) atoms. The first-order valence-corrected chi connectivity index (χ1v) is 7.73. The molecule has 2 aromatic carbocycles. The number of hydrogen-bond donors (Lipinski definition) is 1. The first-order valence-electron chi connectivity index (χ1n) is 6.97. The molecule has 0 spiro atoms. The molecule has 2 rings (SSSR count). The molecule has 0 aromatic heterocycles. The van der Waals surface area contributed by atoms with Crippen molar-refractivity contribution >= 4 is 23.2 Å². The molecular weight excluding hydrogens is 308 g/mol. The fraction of sp³-hybridized carbons (Fsp3) is 0.294. The molecule has 0 amide bonds. The number of hydrogen-bond acceptors (Lipinski definition) is 1. The minimum Gasteiger partial charge on any atom is -0.303 e. The smallest absolute Gasteiger partial charge is 0.123 e. The van der Waals surface area contributed by atoms with E-state index in [4.69, 9.17) is 23.2 Å². The van der Waals surface area contributed by atoms with Crippen LogP contribution >= 0.6 is 23.2 Å². The Hall–Kier alpha value is -1.09. The van der Waals surface area contributed by atoms with Gasteiger partial charge in [-0.2, -0.15) is 0 Å². The molecule has 0 radical (unpaired) electrons. The van der Waals surface area contributed by atoms with Crippen LogP contribution in [0.3, 0.4) is 0 Å². The Kier molecular flexibility index (Phi) is 5.63. The van der Waals surface area contributed by atoms with Crippen molar-refractivity contribution in [1.29, 1.82) is 0 Å². The summed E-state index contributed by atoms with van der Waals surface area (Å²) in [7, 11) is 0. The zero-order chi connectivity index (χ0) is 15.4. The van der Waals surface area contributed by atoms with E-state index in [0.717, 1.165) is 17.5 Å². The second kappa shape index (κ2) is 7.26. The van der Waals surface area contributed by atoms with Gasteiger partial charge in [0.1, 0.15) is 5.82 Å². The summed E-state index contributed by atoms with van der Waals surface area (Å²) in [4.78, 5) is 0. The lowest BCUT2D eigenvalue weighted by molar-refractivity contribution is 0.456. The Morgan fingerprint density at radius 3 is 2.33 bits per heavy atom. The standard InChI is InChI=1S/C17H18Cl2FN/c1-3-17(15-9-6-13(18)10-16(15)19)21-11(2)12-4-7-14(20)8-5-12/h4-11,17,21H,3H2,1-2H3. The van der Waals surface area contributed by atoms with E-state index in [1.165, 1.54) is 12.1 Å². The molecular formula is C17H18Cl2FN. The van der Waals surface area contributed by atoms with E-state index < -0.39 is 0 Å². The van der Waals surface area contributed by atoms with Crippen molar-refractivity contribution in [2.45, 2.75) is 32.4 Å². The van der Waals surface area contributed by atoms with Crippen LogP contribution in [-0.2, 0) is 0 Å². The molecule has 0 aliphatic carbocycles. The van der Waals surface area contributed by atoms with E-state index in [-0.39, 0.29) is 17.9 Å². The van der Waals surface area contributed by atoms with Gasteiger partial charge in [-0.15, -0.1) is 0 Å². The Balaban J connectivity index is 2.16. The number of nitrogens with one attached hydrogen (secondary N) is 1. The molecule has 2 unspecified atom stereocenters. The third-order valence-corrected chi connectivity index (χ3v) is 4.13. The molecule has 112 valence electrons. The number of halogens is 3. The van der Waals surface area contributed by atoms with E-state index in [1.807, 2.05) is 12.1 Å². The van der Waals surface area contributed by atoms with Crippen LogP contribution in [0.4, 0.5) is 4.39 Å². The van der Waals surface area contributed by atoms with Crippen LogP contribution in [0.15, 0.2) is 42.5 Å². The SMILES string of the molecule is CCC(NC(C)c1ccc(F)cc1)c1ccc(Cl)cc1Cl. The molecule has 0 aliphatic rings. The van der Waals surface area contributed by atoms with Gasteiger partial charge < -0.3 is 5.32 Å². The van der Waals surface area contributed by atoms with Crippen LogP contribution in [0, 0.1) is 5.82 Å². The summed E-state index contributed by atoms with van der Waals surface area (Å²) in [5, 5.41) is 4.82. The fourth-order valence-corrected chi connectivity index (χ4v) is 2.90. The maximum absolute atomic E-state index is 13.0. The normalized spacial score (nSPS) is 14.0. The molecule has 0 saturated heterocycles. The highest BCUT2D eigenvalue weighted by molar-refractivity contribution is 6.35. The van der Waals surface area contributed by atoms with Crippen LogP contribution in [0.25, 0.3) is 0 Å². The van der Waals surface area contributed by atoms with Crippen LogP contribution in [0.5, 0.6) is 0 Å². The van der Waals surface area contributed by atoms with Crippen LogP contribution in [0.2, 0.25) is 10.0 Å². The van der Waals surface area contributed by atoms with Crippen LogP contribution in [-0.4, -0.2) is 0 Å². The molecule has 2 aromatic rings. The van der Waals surface area contributed by atoms with Gasteiger partial charge in [0.05, 0.1) is 0 Å². The molecule has 0 fully saturated rings. The molecule has 1 N–H and O–H groups in total. The summed E-state index contributed by atoms with van der Waals surface area (Å²) in [5.74, 6) is -0.223. The second-order valence-electron chi connectivity index (χ2n) is 5.07. The summed E-state index contributed by atoms with van der Waals surface area (Å²) < 4.78 is 13.0. The van der Waals surface area contributed by atoms with Crippen molar-refractivity contribution in [3.8, 4) is 0 Å². The lowest BCUT2D eigenvalue weighted by Gasteiger charge is -2.24. The van der Waals surface area contributed by atoms with Gasteiger partial charge in [0.25, 0.3) is 0 Å². The summed E-state index contributed by atoms with van der Waals surface area (Å²) in [5.41, 5.74) is 2.07. The first kappa shape index (κ1) is 16.3. The minimum absolute atomic E-state index is 0.0993. The highest BCUT2D eigenvalue weighted by Gasteiger charge is 2.16. The van der Waals surface area contributed by atoms with E-state index in [9.17, 15) is 4.39 Å². The molecule has 1 nitrogen and oxygen atoms in total. The highest BCUT2D eigenvalue weighted by atomic mass is 35.5. The maximum atomic E-state index is 13.0. The van der Waals surface area contributed by atoms with Gasteiger partial charge in [0.15, 0.2) is 0 Å². The van der Waals surface area contributed by atoms with Crippen LogP contribution < -0.4 is 5.32 Å². The average Bonchev–Trinajstić information content (AvgIpc) is 2.46. The lowest BCUT2D eigenvalue weighted by atomic mass is 10.0. The fourth-order valence-electron chi connectivity index (χ4n) is 2.36. The Morgan fingerprint density at radius 1 is 1.10 bits per heavy atom. The molecule has 0 heterocycles. The second-order valence-corrected chi connectivity index (χ2v) is 5.91. The largest absolute Gasteiger partial charge is 0.303 e. The zero-order valence-corrected chi connectivity index (χ0v) is 13.5. The van der Waals surface area contributed by atoms with Gasteiger partial charge in [0.2, 0.25) is 0 Å². The van der Waals surface area contributed by atoms with Gasteiger partial charge in [-0.1, -0.05) is 48.3 Å². The zero-order valence-electron chi connectivity index (χ0n) is 12.0. The van der Waals surface area contributed by atoms with Crippen molar-refractivity contribution in [3.05, 3.63) is 69.5 Å². The number of benzene rings is 2. The van der Waals surface area contributed by atoms with Crippen molar-refractivity contribution in [3.63, 3.8) is 0 Å². The number of rotatable bonds is 5. The van der Waals surface area contributed by atoms with Crippen molar-refractivity contribution in [2.24, 2.45) is 0 Å². The van der Waals surface area contributed by atoms with Crippen molar-refractivity contribution in [1.82, 2.24) is 5.32 Å². The highest BCUT2D eigenvalue weighted by Crippen LogP contribution is 2.30. The molecule has 4 heteroatoms. The monoisotopic (exact) mass is 325 g/mol. The third kappa shape index (κ3) is 4.19. The van der Waals surface area contributed by atoms with E-state index in [2.05, 4.69) is 19.2 Å². The van der Waals surface area contributed by atoms with Gasteiger partial charge in [0, 0.05) is 22.1 Å². The minimum atomic E-state index is -0.223. The van der Waals surface area contributed by atoms with Gasteiger partial charge in [-0.05, 0) is 48.7 Å². The maximum Gasteiger partial charge on any atom is 0.123 e. The Labute approximate surface area is 135 Å². The molecule has 0 bridgehead atoms. The van der Waals surface area contributed by atoms with E-state index in [1.54, 1.807) is 18.2 Å². The van der Waals surface area contributed by atoms with Crippen molar-refractivity contribution < 1.29 is 4.39 Å². The van der Waals surface area contributed by atoms with E-state index in [0.29, 0.717) is 10.0 Å². The van der Waals surface area contributed by atoms with Crippen molar-refractivity contribution in [2.75, 3.05) is 0 Å². The molecule has 2 atom stereocenters. The topological polar surface area (TPSA) is 12.0 Å². The predicted molar refractivity (Wildman–Crippen MR) is 87.4 cm³/mol. The lowest BCUT2D eigenvalue weighted by Crippen LogP contribution is -2.24. The summed E-state index contributed by atoms with van der Waals surface area (Å²) in [6, 6.07) is 12.3. The van der Waals surface area contributed by atoms with Gasteiger partial charge in [-0.3, -0.25) is 0 Å². The summed E-state index contributed by atoms with van der Waals surface area (Å²) >= 11 is 12.2. The van der Waals surface area contributed by atoms with Gasteiger partial charge in [-0.25, -0.2) is 4.39 Å². The van der Waals surface area contributed by atoms with Crippen LogP contribution in [0.1, 0.15) is 43.5 Å². The molecule has 0 aliphatic heterocycles. The Bertz CT molecular complexity index is 598. The summed E-state index contributed by atoms with van der Waals surface area (Å²) in [6.45, 7) is 4.15. The third-order valence-electron chi connectivity index (χ3n) is 3.57. The molecule has 0 saturated carbocycles. The van der Waals surface area contributed by atoms with Gasteiger partial charge >= 0.3 is 0 Å². The summed E-state index contributed by atoms with van der Waals surface area (Å²) in [6.07, 6.45) is 0.896. The first-order chi connectivity index (χ1) is 10.0.